The summed E-state index contributed by atoms with van der Waals surface area (Å²) in [5.74, 6) is -0.273. The molecule has 0 bridgehead atoms. The second kappa shape index (κ2) is 12.3. The molecular weight excluding hydrogens is 235 g/mol. The Kier molecular flexibility index (Phi) is 18.0. The monoisotopic (exact) mass is 250 g/mol. The highest BCUT2D eigenvalue weighted by molar-refractivity contribution is 7.98. The highest BCUT2D eigenvalue weighted by Gasteiger charge is 2.16. The first-order valence-electron chi connectivity index (χ1n) is 3.48. The maximum Gasteiger partial charge on any atom is 0.320 e. The van der Waals surface area contributed by atoms with E-state index in [9.17, 15) is 4.79 Å². The van der Waals surface area contributed by atoms with E-state index in [1.54, 1.807) is 0 Å². The lowest BCUT2D eigenvalue weighted by atomic mass is 10.3. The fraction of sp³-hybridized carbons (Fsp3) is 0.833. The zero-order chi connectivity index (χ0) is 8.69. The minimum Gasteiger partial charge on any atom is -0.463 e. The minimum absolute atomic E-state index is 0. The molecule has 1 unspecified atom stereocenters. The van der Waals surface area contributed by atoms with Crippen LogP contribution in [0.15, 0.2) is 0 Å². The van der Waals surface area contributed by atoms with Crippen LogP contribution in [0.3, 0.4) is 0 Å². The van der Waals surface area contributed by atoms with E-state index in [0.29, 0.717) is 13.0 Å². The minimum atomic E-state index is -0.273. The van der Waals surface area contributed by atoms with E-state index in [0.717, 1.165) is 11.9 Å². The van der Waals surface area contributed by atoms with E-state index < -0.39 is 0 Å². The summed E-state index contributed by atoms with van der Waals surface area (Å²) in [7, 11) is 0. The molecule has 7 heteroatoms. The lowest BCUT2D eigenvalue weighted by Crippen LogP contribution is -2.23. The van der Waals surface area contributed by atoms with E-state index in [4.69, 9.17) is 15.6 Å². The SMILES string of the molecule is CCC(SN)C(=O)OCCN.Cl.Cl. The van der Waals surface area contributed by atoms with Crippen LogP contribution < -0.4 is 10.9 Å². The number of carbonyl (C=O) groups excluding carboxylic acids is 1. The summed E-state index contributed by atoms with van der Waals surface area (Å²) < 4.78 is 4.77. The van der Waals surface area contributed by atoms with Gasteiger partial charge in [-0.25, -0.2) is 0 Å². The molecule has 0 saturated carbocycles. The number of hydrogen-bond acceptors (Lipinski definition) is 5. The maximum absolute atomic E-state index is 11.0. The summed E-state index contributed by atoms with van der Waals surface area (Å²) >= 11 is 1.01. The van der Waals surface area contributed by atoms with Gasteiger partial charge in [-0.05, 0) is 6.42 Å². The first kappa shape index (κ1) is 19.0. The number of halogens is 2. The largest absolute Gasteiger partial charge is 0.463 e. The predicted molar refractivity (Wildman–Crippen MR) is 60.4 cm³/mol. The molecule has 0 amide bonds. The van der Waals surface area contributed by atoms with Crippen LogP contribution in [-0.4, -0.2) is 24.4 Å². The Morgan fingerprint density at radius 3 is 2.38 bits per heavy atom. The van der Waals surface area contributed by atoms with E-state index in [1.165, 1.54) is 0 Å². The molecule has 0 aromatic carbocycles. The normalized spacial score (nSPS) is 10.7. The van der Waals surface area contributed by atoms with Crippen LogP contribution in [0.1, 0.15) is 13.3 Å². The summed E-state index contributed by atoms with van der Waals surface area (Å²) in [4.78, 5) is 11.0. The number of ether oxygens (including phenoxy) is 1. The van der Waals surface area contributed by atoms with Crippen molar-refractivity contribution in [3.8, 4) is 0 Å². The molecular formula is C6H16Cl2N2O2S. The van der Waals surface area contributed by atoms with Crippen LogP contribution in [0.2, 0.25) is 0 Å². The third kappa shape index (κ3) is 8.64. The number of esters is 1. The van der Waals surface area contributed by atoms with Gasteiger partial charge >= 0.3 is 5.97 Å². The Balaban J connectivity index is -0.000000500. The summed E-state index contributed by atoms with van der Waals surface area (Å²) in [5, 5.41) is 4.99. The summed E-state index contributed by atoms with van der Waals surface area (Å²) in [6.45, 7) is 2.52. The Hall–Kier alpha value is 0.320. The fourth-order valence-electron chi connectivity index (χ4n) is 0.571. The number of nitrogens with two attached hydrogens (primary N) is 2. The first-order chi connectivity index (χ1) is 5.26. The molecule has 82 valence electrons. The van der Waals surface area contributed by atoms with Gasteiger partial charge in [-0.2, -0.15) is 0 Å². The molecule has 0 saturated heterocycles. The van der Waals surface area contributed by atoms with E-state index in [-0.39, 0.29) is 42.6 Å². The second-order valence-electron chi connectivity index (χ2n) is 1.99. The highest BCUT2D eigenvalue weighted by atomic mass is 35.5. The van der Waals surface area contributed by atoms with Crippen molar-refractivity contribution in [1.29, 1.82) is 0 Å². The molecule has 0 fully saturated rings. The van der Waals surface area contributed by atoms with Crippen molar-refractivity contribution in [2.24, 2.45) is 10.9 Å². The summed E-state index contributed by atoms with van der Waals surface area (Å²) in [5.41, 5.74) is 5.14. The molecule has 4 N–H and O–H groups in total. The van der Waals surface area contributed by atoms with Gasteiger partial charge in [-0.1, -0.05) is 18.9 Å². The second-order valence-corrected chi connectivity index (χ2v) is 2.83. The quantitative estimate of drug-likeness (QED) is 0.556. The van der Waals surface area contributed by atoms with Gasteiger partial charge in [0, 0.05) is 6.54 Å². The van der Waals surface area contributed by atoms with Gasteiger partial charge in [0.05, 0.1) is 0 Å². The van der Waals surface area contributed by atoms with Gasteiger partial charge in [0.15, 0.2) is 0 Å². The zero-order valence-electron chi connectivity index (χ0n) is 7.39. The molecule has 0 heterocycles. The van der Waals surface area contributed by atoms with Crippen LogP contribution in [0, 0.1) is 0 Å². The lowest BCUT2D eigenvalue weighted by Gasteiger charge is -2.09. The molecule has 0 radical (unpaired) electrons. The maximum atomic E-state index is 11.0. The predicted octanol–water partition coefficient (Wildman–Crippen LogP) is 0.717. The van der Waals surface area contributed by atoms with Crippen LogP contribution in [0.5, 0.6) is 0 Å². The van der Waals surface area contributed by atoms with Gasteiger partial charge in [0.25, 0.3) is 0 Å². The van der Waals surface area contributed by atoms with Gasteiger partial charge in [0.1, 0.15) is 11.9 Å². The topological polar surface area (TPSA) is 78.3 Å². The molecule has 0 aromatic rings. The molecule has 4 nitrogen and oxygen atoms in total. The van der Waals surface area contributed by atoms with Crippen molar-refractivity contribution < 1.29 is 9.53 Å². The molecule has 0 aromatic heterocycles. The molecule has 13 heavy (non-hydrogen) atoms. The zero-order valence-corrected chi connectivity index (χ0v) is 9.84. The summed E-state index contributed by atoms with van der Waals surface area (Å²) in [6.07, 6.45) is 0.685. The Labute approximate surface area is 95.1 Å². The number of rotatable bonds is 5. The van der Waals surface area contributed by atoms with Crippen LogP contribution in [0.25, 0.3) is 0 Å². The smallest absolute Gasteiger partial charge is 0.320 e. The van der Waals surface area contributed by atoms with E-state index >= 15 is 0 Å². The Morgan fingerprint density at radius 1 is 1.54 bits per heavy atom. The Morgan fingerprint density at radius 2 is 2.08 bits per heavy atom. The average molecular weight is 251 g/mol. The van der Waals surface area contributed by atoms with E-state index in [2.05, 4.69) is 0 Å². The molecule has 0 spiro atoms. The molecule has 1 atom stereocenters. The van der Waals surface area contributed by atoms with Crippen molar-refractivity contribution in [2.75, 3.05) is 13.2 Å². The van der Waals surface area contributed by atoms with Crippen LogP contribution >= 0.6 is 36.8 Å². The summed E-state index contributed by atoms with van der Waals surface area (Å²) in [6, 6.07) is 0. The van der Waals surface area contributed by atoms with Gasteiger partial charge in [-0.3, -0.25) is 9.93 Å². The van der Waals surface area contributed by atoms with Crippen molar-refractivity contribution in [2.45, 2.75) is 18.6 Å². The first-order valence-corrected chi connectivity index (χ1v) is 4.42. The molecule has 0 aliphatic heterocycles. The lowest BCUT2D eigenvalue weighted by molar-refractivity contribution is -0.142. The molecule has 0 aliphatic rings. The average Bonchev–Trinajstić information content (AvgIpc) is 2.03. The third-order valence-corrected chi connectivity index (χ3v) is 2.01. The van der Waals surface area contributed by atoms with Crippen molar-refractivity contribution in [1.82, 2.24) is 0 Å². The van der Waals surface area contributed by atoms with Gasteiger partial charge < -0.3 is 10.5 Å². The van der Waals surface area contributed by atoms with E-state index in [1.807, 2.05) is 6.92 Å². The van der Waals surface area contributed by atoms with Gasteiger partial charge in [-0.15, -0.1) is 24.8 Å². The molecule has 0 aliphatic carbocycles. The van der Waals surface area contributed by atoms with Gasteiger partial charge in [0.2, 0.25) is 0 Å². The number of carbonyl (C=O) groups is 1. The number of hydrogen-bond donors (Lipinski definition) is 2. The Bertz CT molecular complexity index is 125. The fourth-order valence-corrected chi connectivity index (χ4v) is 0.943. The van der Waals surface area contributed by atoms with Crippen molar-refractivity contribution in [3.63, 3.8) is 0 Å². The van der Waals surface area contributed by atoms with Crippen LogP contribution in [0.4, 0.5) is 0 Å². The standard InChI is InChI=1S/C6H14N2O2S.2ClH/c1-2-5(11-8)6(9)10-4-3-7;;/h5H,2-4,7-8H2,1H3;2*1H. The third-order valence-electron chi connectivity index (χ3n) is 1.16. The van der Waals surface area contributed by atoms with Crippen molar-refractivity contribution >= 4 is 42.7 Å². The van der Waals surface area contributed by atoms with Crippen molar-refractivity contribution in [3.05, 3.63) is 0 Å². The molecule has 0 rings (SSSR count). The highest BCUT2D eigenvalue weighted by Crippen LogP contribution is 2.08. The van der Waals surface area contributed by atoms with Crippen LogP contribution in [-0.2, 0) is 9.53 Å².